The molecule has 1 atom stereocenters. The first-order chi connectivity index (χ1) is 21.8. The summed E-state index contributed by atoms with van der Waals surface area (Å²) in [6.07, 6.45) is 1.80. The summed E-state index contributed by atoms with van der Waals surface area (Å²) < 4.78 is 27.2. The first-order valence-corrected chi connectivity index (χ1v) is 15.6. The number of anilines is 1. The molecule has 0 saturated carbocycles. The molecule has 0 radical (unpaired) electrons. The minimum Gasteiger partial charge on any atom is -0.497 e. The first-order valence-electron chi connectivity index (χ1n) is 14.0. The zero-order valence-electron chi connectivity index (χ0n) is 24.3. The van der Waals surface area contributed by atoms with Gasteiger partial charge in [-0.1, -0.05) is 59.9 Å². The lowest BCUT2D eigenvalue weighted by atomic mass is 9.95. The van der Waals surface area contributed by atoms with Gasteiger partial charge >= 0.3 is 0 Å². The van der Waals surface area contributed by atoms with Crippen molar-refractivity contribution in [3.8, 4) is 11.5 Å². The van der Waals surface area contributed by atoms with E-state index in [1.807, 2.05) is 72.8 Å². The second-order valence-electron chi connectivity index (χ2n) is 10.3. The third kappa shape index (κ3) is 6.52. The van der Waals surface area contributed by atoms with Gasteiger partial charge in [0.2, 0.25) is 0 Å². The summed E-state index contributed by atoms with van der Waals surface area (Å²) in [7, 11) is 1.59. The van der Waals surface area contributed by atoms with Crippen molar-refractivity contribution < 1.29 is 18.7 Å². The number of ether oxygens (including phenoxy) is 2. The normalized spacial score (nSPS) is 14.5. The number of allylic oxidation sites excluding steroid dienone is 1. The predicted molar refractivity (Wildman–Crippen MR) is 177 cm³/mol. The average Bonchev–Trinajstić information content (AvgIpc) is 3.34. The number of benzene rings is 4. The molecular formula is C35H27BrFN3O4S. The van der Waals surface area contributed by atoms with Gasteiger partial charge in [0, 0.05) is 5.69 Å². The van der Waals surface area contributed by atoms with Crippen LogP contribution in [0.4, 0.5) is 10.1 Å². The molecule has 226 valence electrons. The third-order valence-electron chi connectivity index (χ3n) is 7.29. The number of para-hydroxylation sites is 1. The molecule has 0 spiro atoms. The molecule has 1 amide bonds. The van der Waals surface area contributed by atoms with E-state index in [2.05, 4.69) is 21.2 Å². The largest absolute Gasteiger partial charge is 0.497 e. The maximum absolute atomic E-state index is 14.0. The fourth-order valence-corrected chi connectivity index (χ4v) is 6.61. The van der Waals surface area contributed by atoms with E-state index in [9.17, 15) is 14.0 Å². The molecule has 10 heteroatoms. The Morgan fingerprint density at radius 2 is 1.78 bits per heavy atom. The predicted octanol–water partition coefficient (Wildman–Crippen LogP) is 6.36. The Labute approximate surface area is 270 Å². The van der Waals surface area contributed by atoms with E-state index >= 15 is 0 Å². The number of aromatic nitrogens is 1. The summed E-state index contributed by atoms with van der Waals surface area (Å²) in [5.41, 5.74) is 3.67. The molecule has 1 aliphatic rings. The summed E-state index contributed by atoms with van der Waals surface area (Å²) >= 11 is 4.83. The molecular weight excluding hydrogens is 657 g/mol. The van der Waals surface area contributed by atoms with E-state index in [-0.39, 0.29) is 23.9 Å². The van der Waals surface area contributed by atoms with Gasteiger partial charge in [-0.2, -0.15) is 0 Å². The smallest absolute Gasteiger partial charge is 0.271 e. The van der Waals surface area contributed by atoms with Gasteiger partial charge in [0.1, 0.15) is 23.9 Å². The molecule has 2 heterocycles. The molecule has 6 rings (SSSR count). The van der Waals surface area contributed by atoms with Crippen molar-refractivity contribution in [3.63, 3.8) is 0 Å². The fourth-order valence-electron chi connectivity index (χ4n) is 5.05. The molecule has 4 aromatic carbocycles. The van der Waals surface area contributed by atoms with Crippen LogP contribution < -0.4 is 29.7 Å². The van der Waals surface area contributed by atoms with Gasteiger partial charge in [0.05, 0.1) is 33.4 Å². The minimum atomic E-state index is -0.702. The molecule has 0 saturated heterocycles. The number of halogens is 2. The second-order valence-corrected chi connectivity index (χ2v) is 12.1. The van der Waals surface area contributed by atoms with E-state index in [0.29, 0.717) is 42.3 Å². The van der Waals surface area contributed by atoms with Crippen LogP contribution in [-0.4, -0.2) is 17.6 Å². The van der Waals surface area contributed by atoms with Crippen molar-refractivity contribution in [2.75, 3.05) is 12.4 Å². The molecule has 0 unspecified atom stereocenters. The highest BCUT2D eigenvalue weighted by molar-refractivity contribution is 9.10. The Balaban J connectivity index is 1.36. The lowest BCUT2D eigenvalue weighted by molar-refractivity contribution is -0.113. The highest BCUT2D eigenvalue weighted by Crippen LogP contribution is 2.32. The maximum atomic E-state index is 14.0. The van der Waals surface area contributed by atoms with Crippen LogP contribution >= 0.6 is 27.3 Å². The second kappa shape index (κ2) is 13.1. The van der Waals surface area contributed by atoms with Crippen LogP contribution in [0.5, 0.6) is 11.5 Å². The monoisotopic (exact) mass is 683 g/mol. The Morgan fingerprint density at radius 1 is 1.04 bits per heavy atom. The SMILES string of the molecule is COc1ccc([C@H]2C(C(=O)Nc3ccccc3)=C(C)N=c3s/c(=C/c4ccc(OCc5ccc(F)cc5)c(Br)c4)c(=O)n32)cc1. The number of hydrogen-bond donors (Lipinski definition) is 1. The number of nitrogens with one attached hydrogen (secondary N) is 1. The zero-order valence-corrected chi connectivity index (χ0v) is 26.7. The van der Waals surface area contributed by atoms with Crippen LogP contribution in [0.3, 0.4) is 0 Å². The number of carbonyl (C=O) groups is 1. The minimum absolute atomic E-state index is 0.259. The summed E-state index contributed by atoms with van der Waals surface area (Å²) in [6, 6.07) is 27.5. The fraction of sp³-hybridized carbons (Fsp3) is 0.114. The van der Waals surface area contributed by atoms with Crippen molar-refractivity contribution in [1.29, 1.82) is 0 Å². The standard InChI is InChI=1S/C35H27BrFN3O4S/c1-21-31(33(41)39-26-6-4-3-5-7-26)32(24-11-15-27(43-2)16-12-24)40-34(42)30(45-35(40)38-21)19-23-10-17-29(28(36)18-23)44-20-22-8-13-25(37)14-9-22/h3-19,32H,20H2,1-2H3,(H,39,41)/b30-19+/t32-/m0/s1. The van der Waals surface area contributed by atoms with Crippen molar-refractivity contribution in [2.24, 2.45) is 4.99 Å². The lowest BCUT2D eigenvalue weighted by Crippen LogP contribution is -2.40. The molecule has 45 heavy (non-hydrogen) atoms. The topological polar surface area (TPSA) is 81.9 Å². The van der Waals surface area contributed by atoms with Gasteiger partial charge in [0.25, 0.3) is 11.5 Å². The van der Waals surface area contributed by atoms with Crippen LogP contribution in [0.2, 0.25) is 0 Å². The van der Waals surface area contributed by atoms with E-state index in [1.54, 1.807) is 36.8 Å². The molecule has 0 fully saturated rings. The van der Waals surface area contributed by atoms with Crippen LogP contribution in [0, 0.1) is 5.82 Å². The zero-order chi connectivity index (χ0) is 31.5. The number of hydrogen-bond acceptors (Lipinski definition) is 6. The van der Waals surface area contributed by atoms with Crippen LogP contribution in [0.1, 0.15) is 29.7 Å². The Morgan fingerprint density at radius 3 is 2.47 bits per heavy atom. The quantitative estimate of drug-likeness (QED) is 0.206. The highest BCUT2D eigenvalue weighted by atomic mass is 79.9. The molecule has 0 aliphatic carbocycles. The summed E-state index contributed by atoms with van der Waals surface area (Å²) in [5.74, 6) is 0.643. The highest BCUT2D eigenvalue weighted by Gasteiger charge is 2.32. The van der Waals surface area contributed by atoms with E-state index in [0.717, 1.165) is 16.7 Å². The number of methoxy groups -OCH3 is 1. The number of nitrogens with zero attached hydrogens (tertiary/aromatic N) is 2. The number of carbonyl (C=O) groups excluding carboxylic acids is 1. The number of rotatable bonds is 8. The average molecular weight is 685 g/mol. The van der Waals surface area contributed by atoms with Crippen molar-refractivity contribution in [3.05, 3.63) is 155 Å². The lowest BCUT2D eigenvalue weighted by Gasteiger charge is -2.25. The Hall–Kier alpha value is -4.80. The number of fused-ring (bicyclic) bond motifs is 1. The molecule has 1 N–H and O–H groups in total. The van der Waals surface area contributed by atoms with Crippen molar-refractivity contribution >= 4 is 44.9 Å². The van der Waals surface area contributed by atoms with E-state index in [1.165, 1.54) is 23.5 Å². The molecule has 0 bridgehead atoms. The summed E-state index contributed by atoms with van der Waals surface area (Å²) in [6.45, 7) is 2.07. The van der Waals surface area contributed by atoms with E-state index < -0.39 is 6.04 Å². The van der Waals surface area contributed by atoms with Crippen LogP contribution in [-0.2, 0) is 11.4 Å². The van der Waals surface area contributed by atoms with Crippen LogP contribution in [0.25, 0.3) is 6.08 Å². The molecule has 1 aliphatic heterocycles. The van der Waals surface area contributed by atoms with Gasteiger partial charge in [-0.05, 0) is 94.2 Å². The van der Waals surface area contributed by atoms with Gasteiger partial charge in [-0.3, -0.25) is 14.2 Å². The first kappa shape index (κ1) is 30.2. The van der Waals surface area contributed by atoms with Gasteiger partial charge < -0.3 is 14.8 Å². The van der Waals surface area contributed by atoms with E-state index in [4.69, 9.17) is 14.5 Å². The van der Waals surface area contributed by atoms with Crippen molar-refractivity contribution in [1.82, 2.24) is 4.57 Å². The Kier molecular flexibility index (Phi) is 8.77. The number of amides is 1. The summed E-state index contributed by atoms with van der Waals surface area (Å²) in [5, 5.41) is 2.96. The van der Waals surface area contributed by atoms with Crippen molar-refractivity contribution in [2.45, 2.75) is 19.6 Å². The van der Waals surface area contributed by atoms with Gasteiger partial charge in [-0.25, -0.2) is 9.38 Å². The molecule has 5 aromatic rings. The van der Waals surface area contributed by atoms with Gasteiger partial charge in [0.15, 0.2) is 4.80 Å². The third-order valence-corrected chi connectivity index (χ3v) is 8.89. The summed E-state index contributed by atoms with van der Waals surface area (Å²) in [4.78, 5) is 33.0. The maximum Gasteiger partial charge on any atom is 0.271 e. The number of thiazole rings is 1. The molecule has 7 nitrogen and oxygen atoms in total. The van der Waals surface area contributed by atoms with Gasteiger partial charge in [-0.15, -0.1) is 0 Å². The molecule has 1 aromatic heterocycles. The van der Waals surface area contributed by atoms with Crippen LogP contribution in [0.15, 0.2) is 123 Å². The Bertz CT molecular complexity index is 2090.